The Morgan fingerprint density at radius 3 is 2.62 bits per heavy atom. The number of benzene rings is 1. The van der Waals surface area contributed by atoms with Crippen LogP contribution in [0.5, 0.6) is 11.6 Å². The molecule has 0 aliphatic carbocycles. The Bertz CT molecular complexity index is 695. The van der Waals surface area contributed by atoms with Crippen LogP contribution in [0.3, 0.4) is 0 Å². The van der Waals surface area contributed by atoms with E-state index in [0.29, 0.717) is 0 Å². The van der Waals surface area contributed by atoms with E-state index in [9.17, 15) is 18.0 Å². The lowest BCUT2D eigenvalue weighted by molar-refractivity contribution is -0.275. The topological polar surface area (TPSA) is 98.5 Å². The van der Waals surface area contributed by atoms with Gasteiger partial charge in [0.15, 0.2) is 0 Å². The van der Waals surface area contributed by atoms with Crippen molar-refractivity contribution in [3.05, 3.63) is 48.2 Å². The van der Waals surface area contributed by atoms with Crippen LogP contribution in [0.15, 0.2) is 42.6 Å². The van der Waals surface area contributed by atoms with E-state index in [2.05, 4.69) is 15.0 Å². The fraction of sp³-hybridized carbons (Fsp3) is 0.143. The molecule has 0 saturated carbocycles. The van der Waals surface area contributed by atoms with Gasteiger partial charge >= 0.3 is 12.4 Å². The summed E-state index contributed by atoms with van der Waals surface area (Å²) in [6.45, 7) is -0.316. The molecule has 0 fully saturated rings. The van der Waals surface area contributed by atoms with Crippen LogP contribution in [0, 0.1) is 0 Å². The molecule has 4 N–H and O–H groups in total. The third kappa shape index (κ3) is 5.02. The van der Waals surface area contributed by atoms with Gasteiger partial charge in [-0.25, -0.2) is 15.6 Å². The maximum Gasteiger partial charge on any atom is 0.573 e. The van der Waals surface area contributed by atoms with Crippen molar-refractivity contribution in [1.29, 1.82) is 0 Å². The Labute approximate surface area is 134 Å². The molecule has 2 amide bonds. The van der Waals surface area contributed by atoms with Gasteiger partial charge < -0.3 is 14.8 Å². The molecule has 128 valence electrons. The average Bonchev–Trinajstić information content (AvgIpc) is 2.53. The Kier molecular flexibility index (Phi) is 5.42. The second-order valence-electron chi connectivity index (χ2n) is 4.39. The van der Waals surface area contributed by atoms with E-state index in [-0.39, 0.29) is 23.7 Å². The van der Waals surface area contributed by atoms with E-state index in [1.807, 2.05) is 5.43 Å². The summed E-state index contributed by atoms with van der Waals surface area (Å²) >= 11 is 0. The van der Waals surface area contributed by atoms with Gasteiger partial charge in [-0.15, -0.1) is 13.2 Å². The maximum atomic E-state index is 12.5. The van der Waals surface area contributed by atoms with Gasteiger partial charge in [-0.1, -0.05) is 12.1 Å². The number of hydrogen-bond acceptors (Lipinski definition) is 5. The molecule has 0 bridgehead atoms. The quantitative estimate of drug-likeness (QED) is 0.441. The minimum Gasteiger partial charge on any atom is -0.473 e. The van der Waals surface area contributed by atoms with Crippen molar-refractivity contribution in [3.8, 4) is 11.6 Å². The Morgan fingerprint density at radius 1 is 1.21 bits per heavy atom. The monoisotopic (exact) mass is 342 g/mol. The number of nitrogens with one attached hydrogen (secondary N) is 2. The first-order valence-corrected chi connectivity index (χ1v) is 6.58. The van der Waals surface area contributed by atoms with Crippen LogP contribution < -0.4 is 26.1 Å². The molecule has 0 spiro atoms. The number of carbonyl (C=O) groups excluding carboxylic acids is 1. The molecule has 0 aliphatic heterocycles. The fourth-order valence-corrected chi connectivity index (χ4v) is 1.79. The molecule has 0 aliphatic rings. The summed E-state index contributed by atoms with van der Waals surface area (Å²) in [4.78, 5) is 15.2. The second kappa shape index (κ2) is 7.51. The van der Waals surface area contributed by atoms with Crippen LogP contribution >= 0.6 is 0 Å². The molecule has 1 heterocycles. The van der Waals surface area contributed by atoms with Gasteiger partial charge in [-0.05, 0) is 18.2 Å². The van der Waals surface area contributed by atoms with Crippen LogP contribution in [0.25, 0.3) is 0 Å². The van der Waals surface area contributed by atoms with E-state index in [1.165, 1.54) is 24.4 Å². The number of hydrazine groups is 1. The molecule has 10 heteroatoms. The maximum absolute atomic E-state index is 12.5. The lowest BCUT2D eigenvalue weighted by Crippen LogP contribution is -2.34. The number of aromatic nitrogens is 1. The van der Waals surface area contributed by atoms with Crippen molar-refractivity contribution < 1.29 is 27.4 Å². The SMILES string of the molecule is NNC(=O)Nc1cccc(OC(F)(F)F)c1COc1ccccn1. The average molecular weight is 342 g/mol. The third-order valence-electron chi connectivity index (χ3n) is 2.74. The Balaban J connectivity index is 2.29. The number of rotatable bonds is 5. The number of pyridine rings is 1. The Morgan fingerprint density at radius 2 is 2.00 bits per heavy atom. The summed E-state index contributed by atoms with van der Waals surface area (Å²) < 4.78 is 47.0. The number of alkyl halides is 3. The fourth-order valence-electron chi connectivity index (χ4n) is 1.79. The van der Waals surface area contributed by atoms with Gasteiger partial charge in [-0.2, -0.15) is 0 Å². The van der Waals surface area contributed by atoms with Gasteiger partial charge in [-0.3, -0.25) is 5.43 Å². The predicted octanol–water partition coefficient (Wildman–Crippen LogP) is 2.55. The molecule has 0 atom stereocenters. The number of nitrogens with two attached hydrogens (primary N) is 1. The van der Waals surface area contributed by atoms with Gasteiger partial charge in [0.1, 0.15) is 12.4 Å². The molecular formula is C14H13F3N4O3. The lowest BCUT2D eigenvalue weighted by atomic mass is 10.1. The number of carbonyl (C=O) groups is 1. The second-order valence-corrected chi connectivity index (χ2v) is 4.39. The van der Waals surface area contributed by atoms with Crippen molar-refractivity contribution in [2.45, 2.75) is 13.0 Å². The highest BCUT2D eigenvalue weighted by Crippen LogP contribution is 2.32. The van der Waals surface area contributed by atoms with E-state index < -0.39 is 18.1 Å². The number of urea groups is 1. The highest BCUT2D eigenvalue weighted by molar-refractivity contribution is 5.90. The van der Waals surface area contributed by atoms with Gasteiger partial charge in [0, 0.05) is 12.3 Å². The molecule has 2 rings (SSSR count). The summed E-state index contributed by atoms with van der Waals surface area (Å²) in [5, 5.41) is 2.30. The zero-order chi connectivity index (χ0) is 17.6. The van der Waals surface area contributed by atoms with Gasteiger partial charge in [0.2, 0.25) is 5.88 Å². The molecule has 2 aromatic rings. The number of nitrogens with zero attached hydrogens (tertiary/aromatic N) is 1. The first-order valence-electron chi connectivity index (χ1n) is 6.58. The van der Waals surface area contributed by atoms with Crippen molar-refractivity contribution >= 4 is 11.7 Å². The number of ether oxygens (including phenoxy) is 2. The van der Waals surface area contributed by atoms with E-state index in [0.717, 1.165) is 6.07 Å². The highest BCUT2D eigenvalue weighted by Gasteiger charge is 2.32. The summed E-state index contributed by atoms with van der Waals surface area (Å²) in [6.07, 6.45) is -3.43. The number of anilines is 1. The Hall–Kier alpha value is -3.01. The smallest absolute Gasteiger partial charge is 0.473 e. The van der Waals surface area contributed by atoms with Crippen LogP contribution in [0.4, 0.5) is 23.7 Å². The van der Waals surface area contributed by atoms with Gasteiger partial charge in [0.05, 0.1) is 11.3 Å². The normalized spacial score (nSPS) is 10.8. The summed E-state index contributed by atoms with van der Waals surface area (Å²) in [5.74, 6) is 4.66. The van der Waals surface area contributed by atoms with Crippen LogP contribution in [0.2, 0.25) is 0 Å². The zero-order valence-corrected chi connectivity index (χ0v) is 12.1. The largest absolute Gasteiger partial charge is 0.573 e. The molecule has 1 aromatic carbocycles. The van der Waals surface area contributed by atoms with Gasteiger partial charge in [0.25, 0.3) is 0 Å². The zero-order valence-electron chi connectivity index (χ0n) is 12.1. The summed E-state index contributed by atoms with van der Waals surface area (Å²) in [6, 6.07) is 7.82. The number of amides is 2. The van der Waals surface area contributed by atoms with E-state index in [1.54, 1.807) is 12.1 Å². The van der Waals surface area contributed by atoms with Crippen molar-refractivity contribution in [3.63, 3.8) is 0 Å². The van der Waals surface area contributed by atoms with Crippen molar-refractivity contribution in [2.24, 2.45) is 5.84 Å². The lowest BCUT2D eigenvalue weighted by Gasteiger charge is -2.17. The molecule has 0 radical (unpaired) electrons. The number of hydrogen-bond donors (Lipinski definition) is 3. The van der Waals surface area contributed by atoms with Crippen LogP contribution in [0.1, 0.15) is 5.56 Å². The standard InChI is InChI=1S/C14H13F3N4O3/c15-14(16,17)24-11-5-3-4-10(20-13(22)21-18)9(11)8-23-12-6-1-2-7-19-12/h1-7H,8,18H2,(H2,20,21,22). The van der Waals surface area contributed by atoms with Crippen molar-refractivity contribution in [2.75, 3.05) is 5.32 Å². The number of halogens is 3. The van der Waals surface area contributed by atoms with Crippen LogP contribution in [-0.4, -0.2) is 17.4 Å². The summed E-state index contributed by atoms with van der Waals surface area (Å²) in [7, 11) is 0. The third-order valence-corrected chi connectivity index (χ3v) is 2.74. The molecule has 7 nitrogen and oxygen atoms in total. The predicted molar refractivity (Wildman–Crippen MR) is 78.0 cm³/mol. The van der Waals surface area contributed by atoms with Crippen LogP contribution in [-0.2, 0) is 6.61 Å². The first-order chi connectivity index (χ1) is 11.4. The molecule has 24 heavy (non-hydrogen) atoms. The minimum atomic E-state index is -4.89. The molecule has 0 saturated heterocycles. The molecular weight excluding hydrogens is 329 g/mol. The summed E-state index contributed by atoms with van der Waals surface area (Å²) in [5.41, 5.74) is 1.84. The first kappa shape index (κ1) is 17.3. The minimum absolute atomic E-state index is 0.0240. The molecule has 1 aromatic heterocycles. The highest BCUT2D eigenvalue weighted by atomic mass is 19.4. The van der Waals surface area contributed by atoms with Crippen molar-refractivity contribution in [1.82, 2.24) is 10.4 Å². The van der Waals surface area contributed by atoms with E-state index in [4.69, 9.17) is 10.6 Å². The molecule has 0 unspecified atom stereocenters. The van der Waals surface area contributed by atoms with E-state index >= 15 is 0 Å².